The number of piperazine rings is 1. The molecule has 0 unspecified atom stereocenters. The summed E-state index contributed by atoms with van der Waals surface area (Å²) >= 11 is 0. The Bertz CT molecular complexity index is 505. The van der Waals surface area contributed by atoms with Gasteiger partial charge in [0.05, 0.1) is 0 Å². The summed E-state index contributed by atoms with van der Waals surface area (Å²) in [5.74, 6) is 0.877. The van der Waals surface area contributed by atoms with Crippen molar-refractivity contribution in [2.24, 2.45) is 16.8 Å². The third kappa shape index (κ3) is 3.88. The monoisotopic (exact) mass is 290 g/mol. The topological polar surface area (TPSA) is 65.1 Å². The number of amidine groups is 1. The maximum absolute atomic E-state index is 8.98. The molecule has 5 heteroatoms. The summed E-state index contributed by atoms with van der Waals surface area (Å²) in [6.07, 6.45) is 0. The van der Waals surface area contributed by atoms with E-state index in [1.807, 2.05) is 13.0 Å². The van der Waals surface area contributed by atoms with Crippen LogP contribution in [0.25, 0.3) is 0 Å². The molecule has 116 valence electrons. The molecule has 1 saturated heterocycles. The van der Waals surface area contributed by atoms with E-state index in [-0.39, 0.29) is 5.84 Å². The molecule has 0 radical (unpaired) electrons. The minimum Gasteiger partial charge on any atom is -0.409 e. The van der Waals surface area contributed by atoms with Gasteiger partial charge in [-0.1, -0.05) is 30.6 Å². The van der Waals surface area contributed by atoms with Crippen molar-refractivity contribution >= 4 is 11.5 Å². The maximum Gasteiger partial charge on any atom is 0.172 e. The van der Waals surface area contributed by atoms with E-state index in [2.05, 4.69) is 40.9 Å². The van der Waals surface area contributed by atoms with Crippen LogP contribution in [0.15, 0.2) is 23.4 Å². The Balaban J connectivity index is 2.13. The van der Waals surface area contributed by atoms with Gasteiger partial charge in [0.1, 0.15) is 0 Å². The second-order valence-corrected chi connectivity index (χ2v) is 6.19. The summed E-state index contributed by atoms with van der Waals surface area (Å²) in [6, 6.07) is 6.12. The van der Waals surface area contributed by atoms with Crippen molar-refractivity contribution in [3.8, 4) is 0 Å². The van der Waals surface area contributed by atoms with E-state index in [1.54, 1.807) is 0 Å². The average Bonchev–Trinajstić information content (AvgIpc) is 2.47. The summed E-state index contributed by atoms with van der Waals surface area (Å²) in [4.78, 5) is 4.82. The standard InChI is InChI=1S/C16H26N4O/c1-12(2)11-19-6-8-20(9-7-19)15-5-4-13(3)10-14(15)16(17)18-21/h4-5,10,12,21H,6-9,11H2,1-3H3,(H2,17,18). The molecule has 5 nitrogen and oxygen atoms in total. The van der Waals surface area contributed by atoms with Crippen LogP contribution in [-0.2, 0) is 0 Å². The van der Waals surface area contributed by atoms with Crippen molar-refractivity contribution in [3.05, 3.63) is 29.3 Å². The minimum absolute atomic E-state index is 0.179. The van der Waals surface area contributed by atoms with Crippen LogP contribution in [0.2, 0.25) is 0 Å². The molecule has 3 N–H and O–H groups in total. The van der Waals surface area contributed by atoms with E-state index in [1.165, 1.54) is 0 Å². The van der Waals surface area contributed by atoms with Crippen molar-refractivity contribution in [1.29, 1.82) is 0 Å². The largest absolute Gasteiger partial charge is 0.409 e. The van der Waals surface area contributed by atoms with Crippen molar-refractivity contribution in [3.63, 3.8) is 0 Å². The fraction of sp³-hybridized carbons (Fsp3) is 0.562. The quantitative estimate of drug-likeness (QED) is 0.384. The Morgan fingerprint density at radius 1 is 1.29 bits per heavy atom. The van der Waals surface area contributed by atoms with Gasteiger partial charge in [0.15, 0.2) is 5.84 Å². The molecule has 0 amide bonds. The highest BCUT2D eigenvalue weighted by Gasteiger charge is 2.20. The van der Waals surface area contributed by atoms with Crippen LogP contribution < -0.4 is 10.6 Å². The van der Waals surface area contributed by atoms with Crippen molar-refractivity contribution in [1.82, 2.24) is 4.90 Å². The number of rotatable bonds is 4. The molecule has 0 atom stereocenters. The van der Waals surface area contributed by atoms with Crippen LogP contribution in [0.5, 0.6) is 0 Å². The summed E-state index contributed by atoms with van der Waals surface area (Å²) < 4.78 is 0. The van der Waals surface area contributed by atoms with Crippen molar-refractivity contribution < 1.29 is 5.21 Å². The summed E-state index contributed by atoms with van der Waals surface area (Å²) in [7, 11) is 0. The minimum atomic E-state index is 0.179. The first-order valence-electron chi connectivity index (χ1n) is 7.57. The van der Waals surface area contributed by atoms with Crippen LogP contribution in [0.4, 0.5) is 5.69 Å². The predicted octanol–water partition coefficient (Wildman–Crippen LogP) is 1.87. The van der Waals surface area contributed by atoms with Gasteiger partial charge < -0.3 is 15.8 Å². The highest BCUT2D eigenvalue weighted by atomic mass is 16.4. The molecule has 0 bridgehead atoms. The van der Waals surface area contributed by atoms with Gasteiger partial charge in [-0.2, -0.15) is 0 Å². The van der Waals surface area contributed by atoms with Gasteiger partial charge in [0.25, 0.3) is 0 Å². The summed E-state index contributed by atoms with van der Waals surface area (Å²) in [6.45, 7) is 11.7. The number of anilines is 1. The van der Waals surface area contributed by atoms with E-state index in [9.17, 15) is 0 Å². The van der Waals surface area contributed by atoms with Crippen molar-refractivity contribution in [2.45, 2.75) is 20.8 Å². The van der Waals surface area contributed by atoms with Gasteiger partial charge >= 0.3 is 0 Å². The summed E-state index contributed by atoms with van der Waals surface area (Å²) in [5.41, 5.74) is 8.81. The van der Waals surface area contributed by atoms with Gasteiger partial charge in [-0.25, -0.2) is 0 Å². The molecule has 1 fully saturated rings. The van der Waals surface area contributed by atoms with Crippen LogP contribution in [-0.4, -0.2) is 48.7 Å². The third-order valence-corrected chi connectivity index (χ3v) is 3.87. The molecule has 2 rings (SSSR count). The molecule has 0 aromatic heterocycles. The Morgan fingerprint density at radius 3 is 2.52 bits per heavy atom. The van der Waals surface area contributed by atoms with E-state index < -0.39 is 0 Å². The lowest BCUT2D eigenvalue weighted by molar-refractivity contribution is 0.231. The molecule has 1 aromatic rings. The fourth-order valence-electron chi connectivity index (χ4n) is 2.87. The molecule has 1 heterocycles. The zero-order valence-electron chi connectivity index (χ0n) is 13.2. The van der Waals surface area contributed by atoms with Crippen LogP contribution >= 0.6 is 0 Å². The lowest BCUT2D eigenvalue weighted by Crippen LogP contribution is -2.47. The number of nitrogens with two attached hydrogens (primary N) is 1. The lowest BCUT2D eigenvalue weighted by atomic mass is 10.1. The van der Waals surface area contributed by atoms with E-state index in [0.29, 0.717) is 5.92 Å². The van der Waals surface area contributed by atoms with Gasteiger partial charge in [-0.05, 0) is 25.0 Å². The zero-order chi connectivity index (χ0) is 15.4. The number of nitrogens with zero attached hydrogens (tertiary/aromatic N) is 3. The predicted molar refractivity (Wildman–Crippen MR) is 87.2 cm³/mol. The Morgan fingerprint density at radius 2 is 1.95 bits per heavy atom. The molecule has 0 saturated carbocycles. The van der Waals surface area contributed by atoms with Gasteiger partial charge in [-0.15, -0.1) is 0 Å². The molecule has 1 aliphatic rings. The Kier molecular flexibility index (Phi) is 5.07. The Hall–Kier alpha value is -1.75. The Labute approximate surface area is 127 Å². The molecule has 21 heavy (non-hydrogen) atoms. The first-order valence-corrected chi connectivity index (χ1v) is 7.57. The van der Waals surface area contributed by atoms with Gasteiger partial charge in [0, 0.05) is 44.0 Å². The van der Waals surface area contributed by atoms with E-state index in [4.69, 9.17) is 10.9 Å². The number of aryl methyl sites for hydroxylation is 1. The van der Waals surface area contributed by atoms with Crippen LogP contribution in [0.3, 0.4) is 0 Å². The number of hydrogen-bond donors (Lipinski definition) is 2. The SMILES string of the molecule is Cc1ccc(N2CCN(CC(C)C)CC2)c(/C(N)=N/O)c1. The van der Waals surface area contributed by atoms with Gasteiger partial charge in [-0.3, -0.25) is 4.90 Å². The fourth-order valence-corrected chi connectivity index (χ4v) is 2.87. The van der Waals surface area contributed by atoms with Crippen LogP contribution in [0.1, 0.15) is 25.0 Å². The molecular formula is C16H26N4O. The highest BCUT2D eigenvalue weighted by molar-refractivity contribution is 6.02. The normalized spacial score (nSPS) is 17.5. The lowest BCUT2D eigenvalue weighted by Gasteiger charge is -2.37. The molecule has 0 spiro atoms. The number of oxime groups is 1. The molecule has 0 aliphatic carbocycles. The van der Waals surface area contributed by atoms with Crippen LogP contribution in [0, 0.1) is 12.8 Å². The smallest absolute Gasteiger partial charge is 0.172 e. The molecule has 1 aromatic carbocycles. The molecule has 1 aliphatic heterocycles. The van der Waals surface area contributed by atoms with Crippen molar-refractivity contribution in [2.75, 3.05) is 37.6 Å². The molecular weight excluding hydrogens is 264 g/mol. The van der Waals surface area contributed by atoms with E-state index in [0.717, 1.165) is 49.5 Å². The maximum atomic E-state index is 8.98. The number of benzene rings is 1. The zero-order valence-corrected chi connectivity index (χ0v) is 13.2. The second kappa shape index (κ2) is 6.80. The number of hydrogen-bond acceptors (Lipinski definition) is 4. The second-order valence-electron chi connectivity index (χ2n) is 6.19. The third-order valence-electron chi connectivity index (χ3n) is 3.87. The van der Waals surface area contributed by atoms with Gasteiger partial charge in [0.2, 0.25) is 0 Å². The average molecular weight is 290 g/mol. The highest BCUT2D eigenvalue weighted by Crippen LogP contribution is 2.23. The summed E-state index contributed by atoms with van der Waals surface area (Å²) in [5, 5.41) is 12.1. The van der Waals surface area contributed by atoms with E-state index >= 15 is 0 Å². The first kappa shape index (κ1) is 15.6. The first-order chi connectivity index (χ1) is 10.0.